The summed E-state index contributed by atoms with van der Waals surface area (Å²) < 4.78 is 6.21. The van der Waals surface area contributed by atoms with Crippen LogP contribution in [0.15, 0.2) is 101 Å². The molecule has 1 N–H and O–H groups in total. The van der Waals surface area contributed by atoms with Crippen LogP contribution in [0.2, 0.25) is 0 Å². The topological polar surface area (TPSA) is 75.7 Å². The van der Waals surface area contributed by atoms with Crippen molar-refractivity contribution in [1.82, 2.24) is 4.90 Å². The van der Waals surface area contributed by atoms with Crippen molar-refractivity contribution in [2.45, 2.75) is 72.6 Å². The Hall–Kier alpha value is -4.45. The third kappa shape index (κ3) is 6.57. The van der Waals surface area contributed by atoms with Gasteiger partial charge in [-0.2, -0.15) is 0 Å². The van der Waals surface area contributed by atoms with Gasteiger partial charge in [0.1, 0.15) is 5.75 Å². The first kappa shape index (κ1) is 31.5. The second-order valence-corrected chi connectivity index (χ2v) is 14.7. The summed E-state index contributed by atoms with van der Waals surface area (Å²) in [7, 11) is 0. The zero-order valence-electron chi connectivity index (χ0n) is 27.6. The summed E-state index contributed by atoms with van der Waals surface area (Å²) in [5.74, 6) is -0.143. The largest absolute Gasteiger partial charge is 0.483 e. The fourth-order valence-electron chi connectivity index (χ4n) is 7.43. The summed E-state index contributed by atoms with van der Waals surface area (Å²) in [6, 6.07) is 25.6. The molecule has 0 saturated carbocycles. The average molecular weight is 617 g/mol. The number of aryl methyl sites for hydroxylation is 1. The number of carbonyl (C=O) groups is 3. The molecule has 1 amide bonds. The Morgan fingerprint density at radius 1 is 0.804 bits per heavy atom. The molecule has 0 unspecified atom stereocenters. The first-order valence-corrected chi connectivity index (χ1v) is 16.3. The lowest BCUT2D eigenvalue weighted by Gasteiger charge is -2.49. The third-order valence-corrected chi connectivity index (χ3v) is 9.38. The third-order valence-electron chi connectivity index (χ3n) is 9.38. The number of nitrogens with zero attached hydrogens (tertiary/aromatic N) is 1. The Bertz CT molecular complexity index is 1690. The van der Waals surface area contributed by atoms with E-state index in [1.165, 1.54) is 5.56 Å². The van der Waals surface area contributed by atoms with Gasteiger partial charge in [0.05, 0.1) is 0 Å². The highest BCUT2D eigenvalue weighted by molar-refractivity contribution is 6.07. The van der Waals surface area contributed by atoms with Gasteiger partial charge >= 0.3 is 0 Å². The predicted molar refractivity (Wildman–Crippen MR) is 181 cm³/mol. The SMILES string of the molecule is Cc1cccc(NC(=O)COc2ccccc2C2C3=C(CC(C)(C)CC3=O)N(CCc3ccccc3)C3=C2C(=O)CC(C)(C)C3)c1. The van der Waals surface area contributed by atoms with E-state index < -0.39 is 5.92 Å². The van der Waals surface area contributed by atoms with Crippen LogP contribution >= 0.6 is 0 Å². The van der Waals surface area contributed by atoms with Crippen molar-refractivity contribution >= 4 is 23.2 Å². The van der Waals surface area contributed by atoms with E-state index in [0.29, 0.717) is 42.0 Å². The monoisotopic (exact) mass is 616 g/mol. The summed E-state index contributed by atoms with van der Waals surface area (Å²) in [6.45, 7) is 11.1. The smallest absolute Gasteiger partial charge is 0.262 e. The summed E-state index contributed by atoms with van der Waals surface area (Å²) in [5.41, 5.74) is 6.79. The minimum atomic E-state index is -0.541. The van der Waals surface area contributed by atoms with Crippen LogP contribution in [0.25, 0.3) is 0 Å². The van der Waals surface area contributed by atoms with Crippen LogP contribution < -0.4 is 10.1 Å². The van der Waals surface area contributed by atoms with Gasteiger partial charge in [0.15, 0.2) is 18.2 Å². The molecule has 0 atom stereocenters. The molecule has 3 aliphatic rings. The molecule has 0 radical (unpaired) electrons. The van der Waals surface area contributed by atoms with Crippen molar-refractivity contribution < 1.29 is 19.1 Å². The van der Waals surface area contributed by atoms with Crippen molar-refractivity contribution in [3.63, 3.8) is 0 Å². The molecule has 2 aliphatic carbocycles. The Morgan fingerprint density at radius 3 is 2.04 bits per heavy atom. The molecule has 6 nitrogen and oxygen atoms in total. The van der Waals surface area contributed by atoms with E-state index in [1.54, 1.807) is 0 Å². The van der Waals surface area contributed by atoms with Gasteiger partial charge in [-0.3, -0.25) is 14.4 Å². The van der Waals surface area contributed by atoms with Gasteiger partial charge in [0.2, 0.25) is 0 Å². The number of hydrogen-bond donors (Lipinski definition) is 1. The maximum absolute atomic E-state index is 14.2. The van der Waals surface area contributed by atoms with Crippen molar-refractivity contribution in [3.05, 3.63) is 118 Å². The highest BCUT2D eigenvalue weighted by atomic mass is 16.5. The molecule has 6 heteroatoms. The average Bonchev–Trinajstić information content (AvgIpc) is 2.98. The molecule has 238 valence electrons. The van der Waals surface area contributed by atoms with Crippen molar-refractivity contribution in [3.8, 4) is 5.75 Å². The van der Waals surface area contributed by atoms with E-state index >= 15 is 0 Å². The van der Waals surface area contributed by atoms with E-state index in [1.807, 2.05) is 61.5 Å². The minimum absolute atomic E-state index is 0.0807. The summed E-state index contributed by atoms with van der Waals surface area (Å²) in [5, 5.41) is 2.91. The molecule has 6 rings (SSSR count). The second-order valence-electron chi connectivity index (χ2n) is 14.7. The molecule has 0 fully saturated rings. The normalized spacial score (nSPS) is 19.1. The number of carbonyl (C=O) groups excluding carboxylic acids is 3. The zero-order chi connectivity index (χ0) is 32.6. The number of anilines is 1. The number of hydrogen-bond acceptors (Lipinski definition) is 5. The fraction of sp³-hybridized carbons (Fsp3) is 0.375. The van der Waals surface area contributed by atoms with Crippen molar-refractivity contribution in [1.29, 1.82) is 0 Å². The van der Waals surface area contributed by atoms with Crippen molar-refractivity contribution in [2.75, 3.05) is 18.5 Å². The van der Waals surface area contributed by atoms with Gasteiger partial charge in [0, 0.05) is 59.1 Å². The molecule has 0 spiro atoms. The first-order chi connectivity index (χ1) is 21.9. The summed E-state index contributed by atoms with van der Waals surface area (Å²) in [6.07, 6.45) is 3.12. The van der Waals surface area contributed by atoms with Crippen LogP contribution in [0, 0.1) is 17.8 Å². The highest BCUT2D eigenvalue weighted by Crippen LogP contribution is 2.55. The number of amides is 1. The molecule has 0 saturated heterocycles. The summed E-state index contributed by atoms with van der Waals surface area (Å²) in [4.78, 5) is 43.8. The van der Waals surface area contributed by atoms with Crippen LogP contribution in [0.4, 0.5) is 5.69 Å². The minimum Gasteiger partial charge on any atom is -0.483 e. The molecule has 1 aliphatic heterocycles. The lowest BCUT2D eigenvalue weighted by Crippen LogP contribution is -2.45. The number of benzene rings is 3. The van der Waals surface area contributed by atoms with Crippen LogP contribution in [-0.4, -0.2) is 35.5 Å². The standard InChI is InChI=1S/C40H44N2O4/c1-26-12-11-15-28(20-26)41-35(45)25-46-34-17-10-9-16-29(34)36-37-30(21-39(2,3)23-32(37)43)42(19-18-27-13-7-6-8-14-27)31-22-40(4,5)24-33(44)38(31)36/h6-17,20,36H,18-19,21-25H2,1-5H3,(H,41,45). The Balaban J connectivity index is 1.41. The first-order valence-electron chi connectivity index (χ1n) is 16.3. The Morgan fingerprint density at radius 2 is 1.41 bits per heavy atom. The van der Waals surface area contributed by atoms with Gasteiger partial charge in [-0.25, -0.2) is 0 Å². The number of ether oxygens (including phenoxy) is 1. The molecule has 3 aromatic carbocycles. The fourth-order valence-corrected chi connectivity index (χ4v) is 7.43. The van der Waals surface area contributed by atoms with Crippen LogP contribution in [0.5, 0.6) is 5.75 Å². The zero-order valence-corrected chi connectivity index (χ0v) is 27.6. The van der Waals surface area contributed by atoms with E-state index in [0.717, 1.165) is 41.8 Å². The maximum atomic E-state index is 14.2. The number of allylic oxidation sites excluding steroid dienone is 4. The lowest BCUT2D eigenvalue weighted by molar-refractivity contribution is -0.120. The van der Waals surface area contributed by atoms with E-state index in [9.17, 15) is 14.4 Å². The Kier molecular flexibility index (Phi) is 8.49. The number of rotatable bonds is 8. The number of ketones is 2. The molecule has 1 heterocycles. The van der Waals surface area contributed by atoms with Crippen LogP contribution in [0.1, 0.15) is 76.0 Å². The van der Waals surface area contributed by atoms with Gasteiger partial charge in [-0.05, 0) is 66.3 Å². The van der Waals surface area contributed by atoms with E-state index in [4.69, 9.17) is 4.74 Å². The number of nitrogens with one attached hydrogen (secondary N) is 1. The summed E-state index contributed by atoms with van der Waals surface area (Å²) >= 11 is 0. The quantitative estimate of drug-likeness (QED) is 0.278. The van der Waals surface area contributed by atoms with E-state index in [2.05, 4.69) is 62.2 Å². The van der Waals surface area contributed by atoms with Crippen molar-refractivity contribution in [2.24, 2.45) is 10.8 Å². The lowest BCUT2D eigenvalue weighted by atomic mass is 9.63. The molecular weight excluding hydrogens is 572 g/mol. The van der Waals surface area contributed by atoms with Gasteiger partial charge in [-0.1, -0.05) is 88.4 Å². The van der Waals surface area contributed by atoms with Crippen LogP contribution in [0.3, 0.4) is 0 Å². The molecule has 3 aromatic rings. The molecule has 46 heavy (non-hydrogen) atoms. The van der Waals surface area contributed by atoms with Gasteiger partial charge in [0.25, 0.3) is 5.91 Å². The van der Waals surface area contributed by atoms with Crippen LogP contribution in [-0.2, 0) is 20.8 Å². The van der Waals surface area contributed by atoms with Gasteiger partial charge < -0.3 is 15.0 Å². The Labute approximate surface area is 272 Å². The molecule has 0 aromatic heterocycles. The highest BCUT2D eigenvalue weighted by Gasteiger charge is 2.49. The van der Waals surface area contributed by atoms with E-state index in [-0.39, 0.29) is 34.9 Å². The van der Waals surface area contributed by atoms with Gasteiger partial charge in [-0.15, -0.1) is 0 Å². The predicted octanol–water partition coefficient (Wildman–Crippen LogP) is 7.94. The maximum Gasteiger partial charge on any atom is 0.262 e. The number of Topliss-reactive ketones (excluding diaryl/α,β-unsaturated/α-hetero) is 2. The second kappa shape index (κ2) is 12.4. The molecular formula is C40H44N2O4. The molecule has 0 bridgehead atoms. The number of para-hydroxylation sites is 1.